The maximum absolute atomic E-state index is 13.3. The molecule has 1 aromatic carbocycles. The van der Waals surface area contributed by atoms with Gasteiger partial charge in [-0.25, -0.2) is 4.68 Å². The number of pyridine rings is 1. The number of para-hydroxylation sites is 1. The number of aromatic nitrogens is 4. The van der Waals surface area contributed by atoms with Crippen molar-refractivity contribution >= 4 is 16.8 Å². The van der Waals surface area contributed by atoms with Crippen molar-refractivity contribution in [2.45, 2.75) is 39.0 Å². The van der Waals surface area contributed by atoms with Crippen molar-refractivity contribution in [3.63, 3.8) is 0 Å². The molecule has 1 fully saturated rings. The Morgan fingerprint density at radius 1 is 1.18 bits per heavy atom. The maximum atomic E-state index is 13.3. The summed E-state index contributed by atoms with van der Waals surface area (Å²) in [7, 11) is 0. The summed E-state index contributed by atoms with van der Waals surface area (Å²) in [5.41, 5.74) is 3.22. The lowest BCUT2D eigenvalue weighted by Gasteiger charge is -2.21. The molecule has 0 saturated heterocycles. The Labute approximate surface area is 163 Å². The summed E-state index contributed by atoms with van der Waals surface area (Å²) in [6.45, 7) is 3.20. The fourth-order valence-corrected chi connectivity index (χ4v) is 3.73. The van der Waals surface area contributed by atoms with Gasteiger partial charge in [0.25, 0.3) is 5.91 Å². The van der Waals surface area contributed by atoms with Gasteiger partial charge in [0, 0.05) is 31.3 Å². The van der Waals surface area contributed by atoms with E-state index >= 15 is 0 Å². The largest absolute Gasteiger partial charge is 0.375 e. The molecule has 28 heavy (non-hydrogen) atoms. The van der Waals surface area contributed by atoms with Gasteiger partial charge in [-0.05, 0) is 37.3 Å². The quantitative estimate of drug-likeness (QED) is 0.684. The third kappa shape index (κ3) is 3.38. The van der Waals surface area contributed by atoms with Crippen molar-refractivity contribution in [2.75, 3.05) is 13.2 Å². The van der Waals surface area contributed by atoms with Crippen LogP contribution in [0.1, 0.15) is 41.0 Å². The Hall–Kier alpha value is -2.80. The molecule has 5 rings (SSSR count). The number of amides is 1. The van der Waals surface area contributed by atoms with Gasteiger partial charge in [0.2, 0.25) is 0 Å². The van der Waals surface area contributed by atoms with Crippen LogP contribution >= 0.6 is 0 Å². The van der Waals surface area contributed by atoms with Gasteiger partial charge in [0.1, 0.15) is 5.69 Å². The molecule has 1 aliphatic carbocycles. The number of rotatable bonds is 5. The number of benzene rings is 1. The first-order valence-electron chi connectivity index (χ1n) is 9.91. The van der Waals surface area contributed by atoms with E-state index in [0.717, 1.165) is 41.9 Å². The Bertz CT molecular complexity index is 1010. The fraction of sp³-hybridized carbons (Fsp3) is 0.429. The standard InChI is InChI=1S/C21H23N5O2/c27-21(17-6-1-4-16-5-2-9-22-20(16)17)25-10-3-11-26-19(12-25)18(23-24-26)14-28-13-15-7-8-15/h1-2,4-6,9,15H,3,7-8,10-14H2. The summed E-state index contributed by atoms with van der Waals surface area (Å²) in [5, 5.41) is 9.57. The number of ether oxygens (including phenoxy) is 1. The van der Waals surface area contributed by atoms with E-state index in [2.05, 4.69) is 15.3 Å². The lowest BCUT2D eigenvalue weighted by molar-refractivity contribution is 0.0743. The molecule has 1 amide bonds. The zero-order valence-corrected chi connectivity index (χ0v) is 15.8. The molecule has 3 heterocycles. The van der Waals surface area contributed by atoms with Gasteiger partial charge >= 0.3 is 0 Å². The van der Waals surface area contributed by atoms with E-state index in [1.165, 1.54) is 12.8 Å². The highest BCUT2D eigenvalue weighted by Crippen LogP contribution is 2.29. The van der Waals surface area contributed by atoms with E-state index in [1.807, 2.05) is 39.9 Å². The highest BCUT2D eigenvalue weighted by Gasteiger charge is 2.26. The van der Waals surface area contributed by atoms with E-state index in [-0.39, 0.29) is 5.91 Å². The second-order valence-electron chi connectivity index (χ2n) is 7.63. The first kappa shape index (κ1) is 17.3. The van der Waals surface area contributed by atoms with Crippen LogP contribution in [0.4, 0.5) is 0 Å². The molecule has 1 saturated carbocycles. The Balaban J connectivity index is 1.39. The van der Waals surface area contributed by atoms with Gasteiger partial charge < -0.3 is 9.64 Å². The third-order valence-electron chi connectivity index (χ3n) is 5.50. The average molecular weight is 377 g/mol. The van der Waals surface area contributed by atoms with Crippen LogP contribution in [0.25, 0.3) is 10.9 Å². The second-order valence-corrected chi connectivity index (χ2v) is 7.63. The first-order chi connectivity index (χ1) is 13.8. The molecule has 0 N–H and O–H groups in total. The second kappa shape index (κ2) is 7.31. The minimum atomic E-state index is 0.00352. The van der Waals surface area contributed by atoms with Crippen LogP contribution in [0, 0.1) is 5.92 Å². The number of carbonyl (C=O) groups is 1. The van der Waals surface area contributed by atoms with Crippen molar-refractivity contribution < 1.29 is 9.53 Å². The fourth-order valence-electron chi connectivity index (χ4n) is 3.73. The molecule has 7 heteroatoms. The highest BCUT2D eigenvalue weighted by atomic mass is 16.5. The van der Waals surface area contributed by atoms with Crippen molar-refractivity contribution in [3.05, 3.63) is 53.5 Å². The SMILES string of the molecule is O=C(c1cccc2cccnc12)N1CCCn2nnc(COCC3CC3)c2C1. The number of nitrogens with zero attached hydrogens (tertiary/aromatic N) is 5. The molecule has 0 bridgehead atoms. The molecule has 2 aromatic heterocycles. The summed E-state index contributed by atoms with van der Waals surface area (Å²) in [6.07, 6.45) is 5.11. The molecule has 0 radical (unpaired) electrons. The number of hydrogen-bond donors (Lipinski definition) is 0. The van der Waals surface area contributed by atoms with Crippen LogP contribution in [-0.2, 0) is 24.4 Å². The monoisotopic (exact) mass is 377 g/mol. The smallest absolute Gasteiger partial charge is 0.256 e. The molecular formula is C21H23N5O2. The predicted octanol–water partition coefficient (Wildman–Crippen LogP) is 2.80. The molecular weight excluding hydrogens is 354 g/mol. The Morgan fingerprint density at radius 3 is 2.96 bits per heavy atom. The van der Waals surface area contributed by atoms with E-state index in [1.54, 1.807) is 6.20 Å². The van der Waals surface area contributed by atoms with Gasteiger partial charge in [0.15, 0.2) is 0 Å². The van der Waals surface area contributed by atoms with Crippen LogP contribution in [0.15, 0.2) is 36.5 Å². The van der Waals surface area contributed by atoms with E-state index in [0.29, 0.717) is 31.2 Å². The summed E-state index contributed by atoms with van der Waals surface area (Å²) in [5.74, 6) is 0.718. The molecule has 0 atom stereocenters. The molecule has 3 aromatic rings. The zero-order chi connectivity index (χ0) is 18.9. The van der Waals surface area contributed by atoms with Crippen LogP contribution in [-0.4, -0.2) is 43.9 Å². The lowest BCUT2D eigenvalue weighted by atomic mass is 10.1. The van der Waals surface area contributed by atoms with Gasteiger partial charge in [0.05, 0.1) is 29.9 Å². The number of aryl methyl sites for hydroxylation is 1. The molecule has 0 spiro atoms. The predicted molar refractivity (Wildman–Crippen MR) is 104 cm³/mol. The average Bonchev–Trinajstić information content (AvgIpc) is 3.51. The Kier molecular flexibility index (Phi) is 4.52. The van der Waals surface area contributed by atoms with E-state index in [9.17, 15) is 4.79 Å². The lowest BCUT2D eigenvalue weighted by Crippen LogP contribution is -2.31. The van der Waals surface area contributed by atoms with Crippen molar-refractivity contribution in [2.24, 2.45) is 5.92 Å². The highest BCUT2D eigenvalue weighted by molar-refractivity contribution is 6.05. The third-order valence-corrected chi connectivity index (χ3v) is 5.50. The van der Waals surface area contributed by atoms with E-state index in [4.69, 9.17) is 4.74 Å². The molecule has 1 aliphatic heterocycles. The van der Waals surface area contributed by atoms with Crippen molar-refractivity contribution in [1.29, 1.82) is 0 Å². The summed E-state index contributed by atoms with van der Waals surface area (Å²) in [4.78, 5) is 19.6. The van der Waals surface area contributed by atoms with Gasteiger partial charge in [-0.2, -0.15) is 0 Å². The number of carbonyl (C=O) groups excluding carboxylic acids is 1. The van der Waals surface area contributed by atoms with Crippen molar-refractivity contribution in [3.8, 4) is 0 Å². The summed E-state index contributed by atoms with van der Waals surface area (Å²) >= 11 is 0. The first-order valence-corrected chi connectivity index (χ1v) is 9.91. The summed E-state index contributed by atoms with van der Waals surface area (Å²) < 4.78 is 7.74. The number of hydrogen-bond acceptors (Lipinski definition) is 5. The molecule has 2 aliphatic rings. The molecule has 0 unspecified atom stereocenters. The van der Waals surface area contributed by atoms with Gasteiger partial charge in [-0.15, -0.1) is 5.10 Å². The van der Waals surface area contributed by atoms with Crippen molar-refractivity contribution in [1.82, 2.24) is 24.9 Å². The van der Waals surface area contributed by atoms with Crippen LogP contribution in [0.5, 0.6) is 0 Å². The normalized spacial score (nSPS) is 16.8. The summed E-state index contributed by atoms with van der Waals surface area (Å²) in [6, 6.07) is 9.63. The number of fused-ring (bicyclic) bond motifs is 2. The van der Waals surface area contributed by atoms with E-state index < -0.39 is 0 Å². The minimum Gasteiger partial charge on any atom is -0.375 e. The van der Waals surface area contributed by atoms with Crippen LogP contribution < -0.4 is 0 Å². The van der Waals surface area contributed by atoms with Gasteiger partial charge in [-0.1, -0.05) is 23.4 Å². The van der Waals surface area contributed by atoms with Crippen LogP contribution in [0.3, 0.4) is 0 Å². The van der Waals surface area contributed by atoms with Gasteiger partial charge in [-0.3, -0.25) is 9.78 Å². The Morgan fingerprint density at radius 2 is 2.07 bits per heavy atom. The minimum absolute atomic E-state index is 0.00352. The topological polar surface area (TPSA) is 73.1 Å². The molecule has 144 valence electrons. The zero-order valence-electron chi connectivity index (χ0n) is 15.8. The molecule has 7 nitrogen and oxygen atoms in total. The van der Waals surface area contributed by atoms with Crippen LogP contribution in [0.2, 0.25) is 0 Å². The maximum Gasteiger partial charge on any atom is 0.256 e.